The summed E-state index contributed by atoms with van der Waals surface area (Å²) in [4.78, 5) is 34.3. The molecule has 9 heteroatoms. The molecule has 2 radical (unpaired) electrons. The van der Waals surface area contributed by atoms with E-state index in [1.165, 1.54) is 154 Å². The van der Waals surface area contributed by atoms with Crippen molar-refractivity contribution in [1.82, 2.24) is 0 Å². The van der Waals surface area contributed by atoms with Gasteiger partial charge in [-0.15, -0.1) is 0 Å². The summed E-state index contributed by atoms with van der Waals surface area (Å²) in [5, 5.41) is 0. The molecule has 45 heavy (non-hydrogen) atoms. The molecule has 6 nitrogen and oxygen atoms in total. The third-order valence-corrected chi connectivity index (χ3v) is 8.55. The first kappa shape index (κ1) is 50.7. The van der Waals surface area contributed by atoms with Crippen LogP contribution >= 0.6 is 17.2 Å². The van der Waals surface area contributed by atoms with Crippen molar-refractivity contribution in [3.8, 4) is 0 Å². The second-order valence-corrected chi connectivity index (χ2v) is 13.6. The Morgan fingerprint density at radius 3 is 0.822 bits per heavy atom. The molecule has 0 aromatic carbocycles. The van der Waals surface area contributed by atoms with Crippen molar-refractivity contribution in [1.29, 1.82) is 0 Å². The molecule has 4 N–H and O–H groups in total. The number of hydrogen-bond acceptors (Lipinski definition) is 6. The van der Waals surface area contributed by atoms with Crippen molar-refractivity contribution < 1.29 is 28.6 Å². The molecule has 0 spiro atoms. The van der Waals surface area contributed by atoms with Gasteiger partial charge in [0.05, 0.1) is 13.2 Å². The van der Waals surface area contributed by atoms with Crippen LogP contribution in [0, 0.1) is 0 Å². The summed E-state index contributed by atoms with van der Waals surface area (Å²) in [5.74, 6) is 0. The first-order valence-corrected chi connectivity index (χ1v) is 20.8. The van der Waals surface area contributed by atoms with Crippen LogP contribution in [-0.2, 0) is 9.05 Å². The third-order valence-electron chi connectivity index (χ3n) is 7.73. The van der Waals surface area contributed by atoms with Crippen LogP contribution < -0.4 is 0 Å². The molecular formula is C36H74CaO6P2. The fraction of sp³-hybridized carbons (Fsp3) is 0.889. The van der Waals surface area contributed by atoms with Crippen LogP contribution in [0.1, 0.15) is 194 Å². The van der Waals surface area contributed by atoms with Crippen molar-refractivity contribution in [2.75, 3.05) is 13.2 Å². The van der Waals surface area contributed by atoms with Crippen LogP contribution in [0.5, 0.6) is 0 Å². The quantitative estimate of drug-likeness (QED) is 0.0230. The van der Waals surface area contributed by atoms with Crippen LogP contribution in [0.3, 0.4) is 0 Å². The third kappa shape index (κ3) is 55.0. The molecule has 0 aliphatic carbocycles. The van der Waals surface area contributed by atoms with Gasteiger partial charge in [-0.05, 0) is 64.2 Å². The number of unbranched alkanes of at least 4 members (excludes halogenated alkanes) is 24. The van der Waals surface area contributed by atoms with Crippen LogP contribution in [0.4, 0.5) is 0 Å². The maximum absolute atomic E-state index is 8.57. The van der Waals surface area contributed by atoms with Gasteiger partial charge in [0.25, 0.3) is 0 Å². The molecule has 0 aliphatic heterocycles. The average Bonchev–Trinajstić information content (AvgIpc) is 3.00. The van der Waals surface area contributed by atoms with Gasteiger partial charge in [0.2, 0.25) is 0 Å². The maximum Gasteiger partial charge on any atom is 0.327 e. The zero-order chi connectivity index (χ0) is 32.6. The zero-order valence-corrected chi connectivity index (χ0v) is 33.7. The SMILES string of the molecule is CCCCCCCC/C=C\CCCCCCCCOP(O)O.CCCCCCCC/C=C\CCCCCCCCOP(O)O.[Ca]. The summed E-state index contributed by atoms with van der Waals surface area (Å²) in [5.41, 5.74) is 0. The summed E-state index contributed by atoms with van der Waals surface area (Å²) < 4.78 is 9.46. The molecule has 0 rings (SSSR count). The van der Waals surface area contributed by atoms with Crippen molar-refractivity contribution in [2.24, 2.45) is 0 Å². The van der Waals surface area contributed by atoms with Crippen LogP contribution in [0.25, 0.3) is 0 Å². The molecule has 0 bridgehead atoms. The number of rotatable bonds is 34. The Hall–Kier alpha value is 1.36. The topological polar surface area (TPSA) is 99.4 Å². The van der Waals surface area contributed by atoms with E-state index in [-0.39, 0.29) is 37.7 Å². The van der Waals surface area contributed by atoms with E-state index in [1.54, 1.807) is 0 Å². The molecule has 0 atom stereocenters. The smallest absolute Gasteiger partial charge is 0.327 e. The fourth-order valence-electron chi connectivity index (χ4n) is 4.99. The Bertz CT molecular complexity index is 520. The van der Waals surface area contributed by atoms with Gasteiger partial charge in [-0.1, -0.05) is 154 Å². The van der Waals surface area contributed by atoms with Crippen molar-refractivity contribution >= 4 is 54.9 Å². The van der Waals surface area contributed by atoms with Crippen molar-refractivity contribution in [3.63, 3.8) is 0 Å². The van der Waals surface area contributed by atoms with Gasteiger partial charge < -0.3 is 28.6 Å². The van der Waals surface area contributed by atoms with Gasteiger partial charge in [0.1, 0.15) is 0 Å². The predicted molar refractivity (Wildman–Crippen MR) is 199 cm³/mol. The first-order chi connectivity index (χ1) is 21.5. The Kier molecular flexibility index (Phi) is 53.5. The molecule has 0 heterocycles. The van der Waals surface area contributed by atoms with E-state index >= 15 is 0 Å². The molecule has 0 saturated heterocycles. The minimum Gasteiger partial charge on any atom is -0.328 e. The van der Waals surface area contributed by atoms with Gasteiger partial charge in [-0.2, -0.15) is 0 Å². The van der Waals surface area contributed by atoms with E-state index in [4.69, 9.17) is 28.6 Å². The first-order valence-electron chi connectivity index (χ1n) is 18.5. The molecule has 0 aromatic rings. The second kappa shape index (κ2) is 47.5. The second-order valence-electron chi connectivity index (χ2n) is 12.0. The monoisotopic (exact) mass is 704 g/mol. The summed E-state index contributed by atoms with van der Waals surface area (Å²) in [7, 11) is -4.30. The molecule has 0 aliphatic rings. The largest absolute Gasteiger partial charge is 0.328 e. The van der Waals surface area contributed by atoms with Crippen LogP contribution in [0.15, 0.2) is 24.3 Å². The van der Waals surface area contributed by atoms with E-state index in [9.17, 15) is 0 Å². The summed E-state index contributed by atoms with van der Waals surface area (Å²) in [6.07, 6.45) is 45.2. The zero-order valence-electron chi connectivity index (χ0n) is 29.7. The van der Waals surface area contributed by atoms with Crippen molar-refractivity contribution in [2.45, 2.75) is 194 Å². The average molecular weight is 705 g/mol. The van der Waals surface area contributed by atoms with E-state index in [2.05, 4.69) is 38.2 Å². The maximum atomic E-state index is 8.57. The van der Waals surface area contributed by atoms with Gasteiger partial charge in [0, 0.05) is 37.7 Å². The van der Waals surface area contributed by atoms with Crippen LogP contribution in [0.2, 0.25) is 0 Å². The minimum absolute atomic E-state index is 0. The summed E-state index contributed by atoms with van der Waals surface area (Å²) >= 11 is 0. The van der Waals surface area contributed by atoms with E-state index in [0.717, 1.165) is 25.7 Å². The summed E-state index contributed by atoms with van der Waals surface area (Å²) in [6.45, 7) is 5.47. The van der Waals surface area contributed by atoms with Crippen molar-refractivity contribution in [3.05, 3.63) is 24.3 Å². The van der Waals surface area contributed by atoms with E-state index in [0.29, 0.717) is 13.2 Å². The molecular weight excluding hydrogens is 630 g/mol. The Balaban J connectivity index is -0.000000767. The fourth-order valence-corrected chi connectivity index (χ4v) is 5.58. The Labute approximate surface area is 312 Å². The molecule has 0 fully saturated rings. The standard InChI is InChI=1S/2C18H37O3P.Ca/c2*1-2-3-4-5-6-7-8-9-10-11-12-13-14-15-16-17-18-21-22(19)20;/h2*9-10,19-20H,2-8,11-18H2,1H3;/b2*10-9-;. The number of allylic oxidation sites excluding steroid dienone is 4. The van der Waals surface area contributed by atoms with Gasteiger partial charge in [-0.3, -0.25) is 0 Å². The van der Waals surface area contributed by atoms with Gasteiger partial charge in [-0.25, -0.2) is 0 Å². The Morgan fingerprint density at radius 1 is 0.356 bits per heavy atom. The van der Waals surface area contributed by atoms with E-state index < -0.39 is 17.2 Å². The van der Waals surface area contributed by atoms with Gasteiger partial charge >= 0.3 is 17.2 Å². The minimum atomic E-state index is -2.15. The summed E-state index contributed by atoms with van der Waals surface area (Å²) in [6, 6.07) is 0. The van der Waals surface area contributed by atoms with Gasteiger partial charge in [0.15, 0.2) is 0 Å². The molecule has 0 unspecified atom stereocenters. The predicted octanol–water partition coefficient (Wildman–Crippen LogP) is 12.1. The Morgan fingerprint density at radius 2 is 0.578 bits per heavy atom. The molecule has 0 amide bonds. The van der Waals surface area contributed by atoms with Crippen LogP contribution in [-0.4, -0.2) is 70.5 Å². The molecule has 0 saturated carbocycles. The normalized spacial score (nSPS) is 11.6. The van der Waals surface area contributed by atoms with E-state index in [1.807, 2.05) is 0 Å². The number of hydrogen-bond donors (Lipinski definition) is 4. The molecule has 266 valence electrons. The molecule has 0 aromatic heterocycles.